The number of aromatic nitrogens is 2. The maximum Gasteiger partial charge on any atom is 0.269 e. The number of hydrogen-bond acceptors (Lipinski definition) is 3. The van der Waals surface area contributed by atoms with E-state index in [0.717, 1.165) is 5.69 Å². The quantitative estimate of drug-likeness (QED) is 0.775. The summed E-state index contributed by atoms with van der Waals surface area (Å²) in [4.78, 5) is 11.9. The summed E-state index contributed by atoms with van der Waals surface area (Å²) in [6.45, 7) is 6.33. The number of aliphatic hydroxyl groups excluding tert-OH is 1. The molecule has 0 spiro atoms. The molecule has 1 amide bonds. The van der Waals surface area contributed by atoms with E-state index >= 15 is 0 Å². The summed E-state index contributed by atoms with van der Waals surface area (Å²) in [5.74, 6) is -0.177. The second kappa shape index (κ2) is 5.65. The predicted octanol–water partition coefficient (Wildman–Crippen LogP) is 0.712. The van der Waals surface area contributed by atoms with Crippen molar-refractivity contribution >= 4 is 5.91 Å². The van der Waals surface area contributed by atoms with E-state index in [1.807, 2.05) is 20.8 Å². The molecular weight excluding hydrogens is 206 g/mol. The average molecular weight is 225 g/mol. The molecule has 1 atom stereocenters. The third kappa shape index (κ3) is 2.82. The fourth-order valence-electron chi connectivity index (χ4n) is 1.51. The molecule has 1 aromatic rings. The molecule has 1 rings (SSSR count). The summed E-state index contributed by atoms with van der Waals surface area (Å²) >= 11 is 0. The number of aliphatic hydroxyl groups is 1. The Morgan fingerprint density at radius 2 is 2.31 bits per heavy atom. The molecule has 0 bridgehead atoms. The standard InChI is InChI=1S/C11H19N3O2/c1-4-9(7-15)12-11(16)10-6-8(3)13-14(10)5-2/h6,9,15H,4-5,7H2,1-3H3,(H,12,16)/t9-/m0/s1. The lowest BCUT2D eigenvalue weighted by atomic mass is 10.2. The smallest absolute Gasteiger partial charge is 0.269 e. The first-order valence-corrected chi connectivity index (χ1v) is 5.58. The zero-order chi connectivity index (χ0) is 12.1. The number of hydrogen-bond donors (Lipinski definition) is 2. The van der Waals surface area contributed by atoms with Crippen LogP contribution in [0.2, 0.25) is 0 Å². The van der Waals surface area contributed by atoms with Gasteiger partial charge in [-0.25, -0.2) is 0 Å². The monoisotopic (exact) mass is 225 g/mol. The maximum atomic E-state index is 11.9. The van der Waals surface area contributed by atoms with Crippen LogP contribution in [0.15, 0.2) is 6.07 Å². The number of nitrogens with one attached hydrogen (secondary N) is 1. The van der Waals surface area contributed by atoms with Crippen molar-refractivity contribution in [3.05, 3.63) is 17.5 Å². The van der Waals surface area contributed by atoms with Crippen molar-refractivity contribution < 1.29 is 9.90 Å². The number of aryl methyl sites for hydroxylation is 2. The highest BCUT2D eigenvalue weighted by molar-refractivity contribution is 5.92. The summed E-state index contributed by atoms with van der Waals surface area (Å²) in [5.41, 5.74) is 1.37. The fraction of sp³-hybridized carbons (Fsp3) is 0.636. The zero-order valence-corrected chi connectivity index (χ0v) is 10.0. The third-order valence-corrected chi connectivity index (χ3v) is 2.48. The Morgan fingerprint density at radius 1 is 1.62 bits per heavy atom. The van der Waals surface area contributed by atoms with Crippen LogP contribution >= 0.6 is 0 Å². The van der Waals surface area contributed by atoms with E-state index < -0.39 is 0 Å². The van der Waals surface area contributed by atoms with E-state index in [9.17, 15) is 4.79 Å². The largest absolute Gasteiger partial charge is 0.394 e. The van der Waals surface area contributed by atoms with E-state index in [1.165, 1.54) is 0 Å². The van der Waals surface area contributed by atoms with Crippen LogP contribution in [0.5, 0.6) is 0 Å². The Labute approximate surface area is 95.5 Å². The molecule has 16 heavy (non-hydrogen) atoms. The van der Waals surface area contributed by atoms with Gasteiger partial charge >= 0.3 is 0 Å². The Hall–Kier alpha value is -1.36. The lowest BCUT2D eigenvalue weighted by Gasteiger charge is -2.14. The highest BCUT2D eigenvalue weighted by atomic mass is 16.3. The van der Waals surface area contributed by atoms with E-state index in [2.05, 4.69) is 10.4 Å². The molecule has 0 saturated heterocycles. The third-order valence-electron chi connectivity index (χ3n) is 2.48. The van der Waals surface area contributed by atoms with Gasteiger partial charge in [-0.05, 0) is 26.3 Å². The van der Waals surface area contributed by atoms with Crippen LogP contribution in [0.3, 0.4) is 0 Å². The van der Waals surface area contributed by atoms with Gasteiger partial charge < -0.3 is 10.4 Å². The fourth-order valence-corrected chi connectivity index (χ4v) is 1.51. The number of carbonyl (C=O) groups is 1. The van der Waals surface area contributed by atoms with Gasteiger partial charge in [-0.3, -0.25) is 9.48 Å². The number of rotatable bonds is 5. The summed E-state index contributed by atoms with van der Waals surface area (Å²) in [7, 11) is 0. The van der Waals surface area contributed by atoms with Gasteiger partial charge in [0.1, 0.15) is 5.69 Å². The van der Waals surface area contributed by atoms with Crippen molar-refractivity contribution in [1.82, 2.24) is 15.1 Å². The molecule has 5 heteroatoms. The highest BCUT2D eigenvalue weighted by Crippen LogP contribution is 2.04. The van der Waals surface area contributed by atoms with Crippen LogP contribution in [0.25, 0.3) is 0 Å². The lowest BCUT2D eigenvalue weighted by molar-refractivity contribution is 0.0904. The molecule has 0 aromatic carbocycles. The van der Waals surface area contributed by atoms with E-state index in [-0.39, 0.29) is 18.6 Å². The number of nitrogens with zero attached hydrogens (tertiary/aromatic N) is 2. The molecule has 0 aliphatic carbocycles. The number of carbonyl (C=O) groups excluding carboxylic acids is 1. The van der Waals surface area contributed by atoms with Gasteiger partial charge in [0.25, 0.3) is 5.91 Å². The molecule has 2 N–H and O–H groups in total. The van der Waals surface area contributed by atoms with Crippen molar-refractivity contribution in [2.24, 2.45) is 0 Å². The van der Waals surface area contributed by atoms with Gasteiger partial charge in [-0.2, -0.15) is 5.10 Å². The Bertz CT molecular complexity index is 356. The maximum absolute atomic E-state index is 11.9. The van der Waals surface area contributed by atoms with Crippen LogP contribution < -0.4 is 5.32 Å². The molecule has 0 aliphatic rings. The first kappa shape index (κ1) is 12.7. The van der Waals surface area contributed by atoms with Crippen LogP contribution in [0.4, 0.5) is 0 Å². The molecule has 0 radical (unpaired) electrons. The second-order valence-electron chi connectivity index (χ2n) is 3.75. The zero-order valence-electron chi connectivity index (χ0n) is 10.0. The molecule has 5 nitrogen and oxygen atoms in total. The van der Waals surface area contributed by atoms with Crippen molar-refractivity contribution in [2.75, 3.05) is 6.61 Å². The molecule has 0 unspecified atom stereocenters. The van der Waals surface area contributed by atoms with Gasteiger partial charge in [0.15, 0.2) is 0 Å². The second-order valence-corrected chi connectivity index (χ2v) is 3.75. The molecule has 90 valence electrons. The highest BCUT2D eigenvalue weighted by Gasteiger charge is 2.15. The minimum Gasteiger partial charge on any atom is -0.394 e. The van der Waals surface area contributed by atoms with Crippen molar-refractivity contribution in [3.63, 3.8) is 0 Å². The van der Waals surface area contributed by atoms with E-state index in [1.54, 1.807) is 10.7 Å². The van der Waals surface area contributed by atoms with Crippen LogP contribution in [-0.4, -0.2) is 33.4 Å². The SMILES string of the molecule is CC[C@@H](CO)NC(=O)c1cc(C)nn1CC. The minimum absolute atomic E-state index is 0.0402. The van der Waals surface area contributed by atoms with Crippen LogP contribution in [-0.2, 0) is 6.54 Å². The van der Waals surface area contributed by atoms with Gasteiger partial charge in [0.2, 0.25) is 0 Å². The van der Waals surface area contributed by atoms with Gasteiger partial charge in [-0.1, -0.05) is 6.92 Å². The summed E-state index contributed by atoms with van der Waals surface area (Å²) in [5, 5.41) is 16.0. The van der Waals surface area contributed by atoms with Crippen molar-refractivity contribution in [3.8, 4) is 0 Å². The normalized spacial score (nSPS) is 12.5. The van der Waals surface area contributed by atoms with Crippen LogP contribution in [0.1, 0.15) is 36.5 Å². The molecule has 0 aliphatic heterocycles. The van der Waals surface area contributed by atoms with Gasteiger partial charge in [-0.15, -0.1) is 0 Å². The van der Waals surface area contributed by atoms with Crippen molar-refractivity contribution in [2.45, 2.75) is 39.8 Å². The Balaban J connectivity index is 2.79. The van der Waals surface area contributed by atoms with Gasteiger partial charge in [0, 0.05) is 6.54 Å². The van der Waals surface area contributed by atoms with Crippen molar-refractivity contribution in [1.29, 1.82) is 0 Å². The van der Waals surface area contributed by atoms with E-state index in [4.69, 9.17) is 5.11 Å². The van der Waals surface area contributed by atoms with Crippen LogP contribution in [0, 0.1) is 6.92 Å². The molecule has 1 heterocycles. The summed E-state index contributed by atoms with van der Waals surface area (Å²) in [6, 6.07) is 1.57. The average Bonchev–Trinajstić information content (AvgIpc) is 2.67. The topological polar surface area (TPSA) is 67.2 Å². The minimum atomic E-state index is -0.187. The summed E-state index contributed by atoms with van der Waals surface area (Å²) in [6.07, 6.45) is 0.710. The first-order chi connectivity index (χ1) is 7.62. The van der Waals surface area contributed by atoms with E-state index in [0.29, 0.717) is 18.7 Å². The van der Waals surface area contributed by atoms with Gasteiger partial charge in [0.05, 0.1) is 18.3 Å². The molecule has 0 fully saturated rings. The lowest BCUT2D eigenvalue weighted by Crippen LogP contribution is -2.37. The number of amides is 1. The predicted molar refractivity (Wildman–Crippen MR) is 61.3 cm³/mol. The summed E-state index contributed by atoms with van der Waals surface area (Å²) < 4.78 is 1.66. The molecular formula is C11H19N3O2. The molecule has 0 saturated carbocycles. The molecule has 1 aromatic heterocycles. The Morgan fingerprint density at radius 3 is 2.81 bits per heavy atom. The first-order valence-electron chi connectivity index (χ1n) is 5.58. The Kier molecular flexibility index (Phi) is 4.49.